The first kappa shape index (κ1) is 36.9. The molecule has 0 amide bonds. The molecule has 61 heavy (non-hydrogen) atoms. The zero-order valence-corrected chi connectivity index (χ0v) is 34.4. The second-order valence-corrected chi connectivity index (χ2v) is 17.7. The van der Waals surface area contributed by atoms with Gasteiger partial charge in [-0.2, -0.15) is 0 Å². The SMILES string of the molecule is C.CC1(C)c2ccccc2-c2cc(N(c3ccc(-c4ccc5cccc(-n6c7ccccc7c7ccccc76)c5c4)cc3)c3cccc4c3-c3ccccc3C4(C)C)ccc21. The van der Waals surface area contributed by atoms with Gasteiger partial charge in [0.2, 0.25) is 0 Å². The standard InChI is InChI=1S/C58H44N2.CH4/c1-57(2)48-20-9-5-16-42(48)47-36-41(33-34-50(47)57)59(55-26-14-22-51-56(55)45-19-6-10-21-49(45)58(51,3)4)40-31-29-37(30-32-40)39-28-27-38-15-13-25-54(46(38)35-39)60-52-23-11-7-17-43(52)44-18-8-12-24-53(44)60;/h5-36H,1-4H3;1H4. The van der Waals surface area contributed by atoms with E-state index in [0.717, 1.165) is 11.4 Å². The fourth-order valence-electron chi connectivity index (χ4n) is 10.8. The van der Waals surface area contributed by atoms with Crippen LogP contribution in [0.25, 0.3) is 71.6 Å². The normalized spacial score (nSPS) is 14.0. The highest BCUT2D eigenvalue weighted by molar-refractivity contribution is 6.11. The predicted molar refractivity (Wildman–Crippen MR) is 260 cm³/mol. The summed E-state index contributed by atoms with van der Waals surface area (Å²) in [5.41, 5.74) is 20.1. The Kier molecular flexibility index (Phi) is 8.12. The molecule has 12 rings (SSSR count). The van der Waals surface area contributed by atoms with E-state index in [9.17, 15) is 0 Å². The van der Waals surface area contributed by atoms with Gasteiger partial charge in [0.05, 0.1) is 22.4 Å². The van der Waals surface area contributed by atoms with Crippen molar-refractivity contribution in [1.29, 1.82) is 0 Å². The zero-order chi connectivity index (χ0) is 40.3. The van der Waals surface area contributed by atoms with Gasteiger partial charge in [-0.25, -0.2) is 0 Å². The number of anilines is 3. The monoisotopic (exact) mass is 784 g/mol. The lowest BCUT2D eigenvalue weighted by atomic mass is 9.82. The highest BCUT2D eigenvalue weighted by atomic mass is 15.1. The van der Waals surface area contributed by atoms with Crippen molar-refractivity contribution < 1.29 is 0 Å². The Morgan fingerprint density at radius 2 is 0.951 bits per heavy atom. The summed E-state index contributed by atoms with van der Waals surface area (Å²) in [5, 5.41) is 5.00. The molecule has 0 saturated carbocycles. The maximum absolute atomic E-state index is 2.50. The first-order chi connectivity index (χ1) is 29.3. The number of rotatable bonds is 5. The molecule has 0 fully saturated rings. The Morgan fingerprint density at radius 3 is 1.69 bits per heavy atom. The van der Waals surface area contributed by atoms with Gasteiger partial charge in [-0.1, -0.05) is 175 Å². The van der Waals surface area contributed by atoms with E-state index in [1.54, 1.807) is 0 Å². The van der Waals surface area contributed by atoms with Gasteiger partial charge in [0.1, 0.15) is 0 Å². The van der Waals surface area contributed by atoms with Gasteiger partial charge in [0, 0.05) is 43.9 Å². The lowest BCUT2D eigenvalue weighted by Gasteiger charge is -2.30. The third-order valence-electron chi connectivity index (χ3n) is 13.8. The molecule has 0 N–H and O–H groups in total. The Hall–Kier alpha value is -7.16. The number of hydrogen-bond acceptors (Lipinski definition) is 1. The van der Waals surface area contributed by atoms with E-state index in [-0.39, 0.29) is 18.3 Å². The number of nitrogens with zero attached hydrogens (tertiary/aromatic N) is 2. The molecular weight excluding hydrogens is 737 g/mol. The van der Waals surface area contributed by atoms with Crippen molar-refractivity contribution in [3.8, 4) is 39.1 Å². The molecule has 1 heterocycles. The molecule has 2 nitrogen and oxygen atoms in total. The lowest BCUT2D eigenvalue weighted by molar-refractivity contribution is 0.660. The van der Waals surface area contributed by atoms with Crippen LogP contribution in [0.2, 0.25) is 0 Å². The van der Waals surface area contributed by atoms with Crippen molar-refractivity contribution in [3.05, 3.63) is 216 Å². The molecule has 0 unspecified atom stereocenters. The molecule has 2 aliphatic carbocycles. The van der Waals surface area contributed by atoms with Gasteiger partial charge < -0.3 is 9.47 Å². The van der Waals surface area contributed by atoms with Crippen LogP contribution in [-0.4, -0.2) is 4.57 Å². The molecule has 0 radical (unpaired) electrons. The molecule has 2 heteroatoms. The molecule has 0 aliphatic heterocycles. The largest absolute Gasteiger partial charge is 0.310 e. The second kappa shape index (κ2) is 13.4. The van der Waals surface area contributed by atoms with Gasteiger partial charge in [0.15, 0.2) is 0 Å². The van der Waals surface area contributed by atoms with E-state index in [2.05, 4.69) is 231 Å². The summed E-state index contributed by atoms with van der Waals surface area (Å²) in [5.74, 6) is 0. The van der Waals surface area contributed by atoms with Crippen molar-refractivity contribution in [3.63, 3.8) is 0 Å². The number of hydrogen-bond donors (Lipinski definition) is 0. The van der Waals surface area contributed by atoms with E-state index >= 15 is 0 Å². The molecule has 0 bridgehead atoms. The molecular formula is C59H48N2. The van der Waals surface area contributed by atoms with Crippen molar-refractivity contribution in [2.24, 2.45) is 0 Å². The molecule has 10 aromatic rings. The Bertz CT molecular complexity index is 3320. The van der Waals surface area contributed by atoms with Gasteiger partial charge >= 0.3 is 0 Å². The number of aromatic nitrogens is 1. The number of para-hydroxylation sites is 2. The highest BCUT2D eigenvalue weighted by Crippen LogP contribution is 2.55. The Balaban J connectivity index is 0.00000420. The smallest absolute Gasteiger partial charge is 0.0543 e. The average molecular weight is 785 g/mol. The number of fused-ring (bicyclic) bond motifs is 10. The number of benzene rings is 9. The summed E-state index contributed by atoms with van der Waals surface area (Å²) in [7, 11) is 0. The first-order valence-corrected chi connectivity index (χ1v) is 21.2. The minimum Gasteiger partial charge on any atom is -0.310 e. The summed E-state index contributed by atoms with van der Waals surface area (Å²) in [6, 6.07) is 72.3. The topological polar surface area (TPSA) is 8.17 Å². The molecule has 9 aromatic carbocycles. The molecule has 0 saturated heterocycles. The van der Waals surface area contributed by atoms with Crippen LogP contribution < -0.4 is 4.90 Å². The third-order valence-corrected chi connectivity index (χ3v) is 13.8. The van der Waals surface area contributed by atoms with E-state index in [1.165, 1.54) is 99.6 Å². The van der Waals surface area contributed by atoms with Crippen LogP contribution in [0.5, 0.6) is 0 Å². The van der Waals surface area contributed by atoms with E-state index < -0.39 is 0 Å². The summed E-state index contributed by atoms with van der Waals surface area (Å²) >= 11 is 0. The van der Waals surface area contributed by atoms with Gasteiger partial charge in [-0.3, -0.25) is 0 Å². The molecule has 1 aromatic heterocycles. The molecule has 0 atom stereocenters. The van der Waals surface area contributed by atoms with Gasteiger partial charge in [0.25, 0.3) is 0 Å². The van der Waals surface area contributed by atoms with Crippen LogP contribution in [0.4, 0.5) is 17.1 Å². The van der Waals surface area contributed by atoms with Crippen molar-refractivity contribution in [2.45, 2.75) is 46.0 Å². The molecule has 294 valence electrons. The summed E-state index contributed by atoms with van der Waals surface area (Å²) in [4.78, 5) is 2.50. The van der Waals surface area contributed by atoms with Crippen LogP contribution in [-0.2, 0) is 10.8 Å². The maximum Gasteiger partial charge on any atom is 0.0543 e. The fraction of sp³-hybridized carbons (Fsp3) is 0.119. The fourth-order valence-corrected chi connectivity index (χ4v) is 10.8. The average Bonchev–Trinajstić information content (AvgIpc) is 3.83. The molecule has 2 aliphatic rings. The summed E-state index contributed by atoms with van der Waals surface area (Å²) < 4.78 is 2.44. The first-order valence-electron chi connectivity index (χ1n) is 21.2. The van der Waals surface area contributed by atoms with Crippen LogP contribution in [0.15, 0.2) is 194 Å². The zero-order valence-electron chi connectivity index (χ0n) is 34.4. The van der Waals surface area contributed by atoms with Gasteiger partial charge in [-0.15, -0.1) is 0 Å². The predicted octanol–water partition coefficient (Wildman–Crippen LogP) is 16.3. The lowest BCUT2D eigenvalue weighted by Crippen LogP contribution is -2.16. The maximum atomic E-state index is 2.50. The van der Waals surface area contributed by atoms with Crippen LogP contribution in [0.3, 0.4) is 0 Å². The van der Waals surface area contributed by atoms with Crippen LogP contribution in [0, 0.1) is 0 Å². The highest BCUT2D eigenvalue weighted by Gasteiger charge is 2.39. The summed E-state index contributed by atoms with van der Waals surface area (Å²) in [6.45, 7) is 9.45. The van der Waals surface area contributed by atoms with E-state index in [1.807, 2.05) is 0 Å². The van der Waals surface area contributed by atoms with E-state index in [4.69, 9.17) is 0 Å². The second-order valence-electron chi connectivity index (χ2n) is 17.7. The van der Waals surface area contributed by atoms with E-state index in [0.29, 0.717) is 0 Å². The van der Waals surface area contributed by atoms with Crippen molar-refractivity contribution in [1.82, 2.24) is 4.57 Å². The third kappa shape index (κ3) is 5.28. The van der Waals surface area contributed by atoms with Crippen molar-refractivity contribution in [2.75, 3.05) is 4.90 Å². The Labute approximate surface area is 359 Å². The quantitative estimate of drug-likeness (QED) is 0.169. The van der Waals surface area contributed by atoms with Crippen LogP contribution in [0.1, 0.15) is 57.4 Å². The minimum atomic E-state index is -0.105. The van der Waals surface area contributed by atoms with Crippen molar-refractivity contribution >= 4 is 49.6 Å². The minimum absolute atomic E-state index is 0. The Morgan fingerprint density at radius 1 is 0.393 bits per heavy atom. The molecule has 0 spiro atoms. The summed E-state index contributed by atoms with van der Waals surface area (Å²) in [6.07, 6.45) is 0. The van der Waals surface area contributed by atoms with Gasteiger partial charge in [-0.05, 0) is 110 Å². The van der Waals surface area contributed by atoms with Crippen LogP contribution >= 0.6 is 0 Å².